The fourth-order valence-electron chi connectivity index (χ4n) is 2.18. The highest BCUT2D eigenvalue weighted by Gasteiger charge is 2.39. The Balaban J connectivity index is 2.47. The van der Waals surface area contributed by atoms with E-state index in [0.717, 1.165) is 0 Å². The van der Waals surface area contributed by atoms with Gasteiger partial charge in [0.25, 0.3) is 0 Å². The van der Waals surface area contributed by atoms with Crippen LogP contribution in [-0.4, -0.2) is 40.5 Å². The van der Waals surface area contributed by atoms with Crippen LogP contribution in [-0.2, 0) is 20.8 Å². The lowest BCUT2D eigenvalue weighted by atomic mass is 10.2. The van der Waals surface area contributed by atoms with Gasteiger partial charge < -0.3 is 0 Å². The second-order valence-corrected chi connectivity index (χ2v) is 9.95. The summed E-state index contributed by atoms with van der Waals surface area (Å²) in [7, 11) is -4.90. The third-order valence-corrected chi connectivity index (χ3v) is 7.42. The summed E-state index contributed by atoms with van der Waals surface area (Å²) in [6.45, 7) is 3.87. The van der Waals surface area contributed by atoms with E-state index < -0.39 is 25.6 Å². The number of nitriles is 1. The SMILES string of the molecule is CC1(C)CN(S(=O)(=O)c2cc(Cl)ccc2C#N)CC[S@@]1=O. The Kier molecular flexibility index (Phi) is 4.45. The van der Waals surface area contributed by atoms with Crippen LogP contribution in [0.1, 0.15) is 19.4 Å². The van der Waals surface area contributed by atoms with Crippen LogP contribution in [0.25, 0.3) is 0 Å². The quantitative estimate of drug-likeness (QED) is 0.817. The molecule has 1 aliphatic heterocycles. The number of rotatable bonds is 2. The Morgan fingerprint density at radius 3 is 2.67 bits per heavy atom. The molecule has 0 aliphatic carbocycles. The highest BCUT2D eigenvalue weighted by molar-refractivity contribution is 7.90. The summed E-state index contributed by atoms with van der Waals surface area (Å²) in [5.41, 5.74) is 0.0592. The third-order valence-electron chi connectivity index (χ3n) is 3.38. The van der Waals surface area contributed by atoms with E-state index >= 15 is 0 Å². The van der Waals surface area contributed by atoms with Crippen LogP contribution < -0.4 is 0 Å². The van der Waals surface area contributed by atoms with Crippen molar-refractivity contribution in [3.05, 3.63) is 28.8 Å². The van der Waals surface area contributed by atoms with Crippen LogP contribution >= 0.6 is 11.6 Å². The maximum absolute atomic E-state index is 12.7. The molecule has 0 bridgehead atoms. The minimum Gasteiger partial charge on any atom is -0.259 e. The largest absolute Gasteiger partial charge is 0.259 e. The summed E-state index contributed by atoms with van der Waals surface area (Å²) in [4.78, 5) is -0.0963. The number of hydrogen-bond acceptors (Lipinski definition) is 4. The van der Waals surface area contributed by atoms with Gasteiger partial charge in [0, 0.05) is 34.7 Å². The summed E-state index contributed by atoms with van der Waals surface area (Å²) in [5, 5.41) is 9.35. The first-order valence-corrected chi connectivity index (χ1v) is 9.40. The summed E-state index contributed by atoms with van der Waals surface area (Å²) in [6.07, 6.45) is 0. The average molecular weight is 347 g/mol. The van der Waals surface area contributed by atoms with Crippen LogP contribution in [0.3, 0.4) is 0 Å². The summed E-state index contributed by atoms with van der Waals surface area (Å²) in [6, 6.07) is 6.03. The molecule has 5 nitrogen and oxygen atoms in total. The molecule has 1 heterocycles. The molecule has 21 heavy (non-hydrogen) atoms. The molecule has 0 saturated carbocycles. The monoisotopic (exact) mass is 346 g/mol. The van der Waals surface area contributed by atoms with E-state index in [9.17, 15) is 12.6 Å². The third kappa shape index (κ3) is 3.14. The lowest BCUT2D eigenvalue weighted by Crippen LogP contribution is -2.52. The molecule has 1 saturated heterocycles. The highest BCUT2D eigenvalue weighted by atomic mass is 35.5. The molecule has 1 aromatic carbocycles. The first kappa shape index (κ1) is 16.4. The number of sulfonamides is 1. The molecule has 0 N–H and O–H groups in total. The minimum absolute atomic E-state index is 0.0592. The van der Waals surface area contributed by atoms with Crippen LogP contribution in [0, 0.1) is 11.3 Å². The molecule has 1 atom stereocenters. The van der Waals surface area contributed by atoms with E-state index in [2.05, 4.69) is 0 Å². The zero-order valence-corrected chi connectivity index (χ0v) is 14.1. The van der Waals surface area contributed by atoms with E-state index in [1.54, 1.807) is 13.8 Å². The van der Waals surface area contributed by atoms with Gasteiger partial charge in [-0.2, -0.15) is 9.57 Å². The second kappa shape index (κ2) is 5.69. The molecular formula is C13H15ClN2O3S2. The van der Waals surface area contributed by atoms with Crippen molar-refractivity contribution in [2.24, 2.45) is 0 Å². The number of nitrogens with zero attached hydrogens (tertiary/aromatic N) is 2. The lowest BCUT2D eigenvalue weighted by molar-refractivity contribution is 0.378. The van der Waals surface area contributed by atoms with Crippen molar-refractivity contribution in [2.75, 3.05) is 18.8 Å². The molecule has 0 radical (unpaired) electrons. The zero-order valence-electron chi connectivity index (χ0n) is 11.7. The van der Waals surface area contributed by atoms with Crippen molar-refractivity contribution >= 4 is 32.4 Å². The number of halogens is 1. The van der Waals surface area contributed by atoms with Gasteiger partial charge in [-0.25, -0.2) is 8.42 Å². The molecule has 0 aromatic heterocycles. The van der Waals surface area contributed by atoms with Crippen molar-refractivity contribution in [3.8, 4) is 6.07 Å². The highest BCUT2D eigenvalue weighted by Crippen LogP contribution is 2.28. The van der Waals surface area contributed by atoms with E-state index in [1.165, 1.54) is 22.5 Å². The van der Waals surface area contributed by atoms with E-state index in [-0.39, 0.29) is 34.3 Å². The maximum atomic E-state index is 12.7. The van der Waals surface area contributed by atoms with Crippen molar-refractivity contribution in [1.29, 1.82) is 5.26 Å². The summed E-state index contributed by atoms with van der Waals surface area (Å²) in [5.74, 6) is 0.286. The van der Waals surface area contributed by atoms with Crippen molar-refractivity contribution in [3.63, 3.8) is 0 Å². The molecule has 1 aromatic rings. The molecular weight excluding hydrogens is 332 g/mol. The van der Waals surface area contributed by atoms with Gasteiger partial charge in [-0.3, -0.25) is 4.21 Å². The molecule has 0 spiro atoms. The molecule has 1 aliphatic rings. The summed E-state index contributed by atoms with van der Waals surface area (Å²) >= 11 is 5.86. The molecule has 114 valence electrons. The van der Waals surface area contributed by atoms with Gasteiger partial charge in [0.15, 0.2) is 0 Å². The topological polar surface area (TPSA) is 78.2 Å². The fraction of sp³-hybridized carbons (Fsp3) is 0.462. The van der Waals surface area contributed by atoms with Crippen molar-refractivity contribution in [1.82, 2.24) is 4.31 Å². The lowest BCUT2D eigenvalue weighted by Gasteiger charge is -2.36. The van der Waals surface area contributed by atoms with Crippen LogP contribution in [0.15, 0.2) is 23.1 Å². The van der Waals surface area contributed by atoms with Crippen LogP contribution in [0.2, 0.25) is 5.02 Å². The normalized spacial score (nSPS) is 22.7. The standard InChI is InChI=1S/C13H15ClN2O3S2/c1-13(2)9-16(5-6-20(13)17)21(18,19)12-7-11(14)4-3-10(12)8-15/h3-4,7H,5-6,9H2,1-2H3/t20-/m0/s1. The van der Waals surface area contributed by atoms with Gasteiger partial charge in [0.2, 0.25) is 10.0 Å². The van der Waals surface area contributed by atoms with Gasteiger partial charge >= 0.3 is 0 Å². The zero-order chi connectivity index (χ0) is 15.8. The molecule has 0 amide bonds. The van der Waals surface area contributed by atoms with Crippen molar-refractivity contribution in [2.45, 2.75) is 23.5 Å². The second-order valence-electron chi connectivity index (χ2n) is 5.40. The first-order valence-electron chi connectivity index (χ1n) is 6.27. The maximum Gasteiger partial charge on any atom is 0.244 e. The molecule has 0 unspecified atom stereocenters. The van der Waals surface area contributed by atoms with Gasteiger partial charge in [-0.05, 0) is 32.0 Å². The first-order chi connectivity index (χ1) is 9.68. The van der Waals surface area contributed by atoms with Crippen molar-refractivity contribution < 1.29 is 12.6 Å². The predicted molar refractivity (Wildman–Crippen MR) is 82.0 cm³/mol. The van der Waals surface area contributed by atoms with Gasteiger partial charge in [0.05, 0.1) is 10.3 Å². The van der Waals surface area contributed by atoms with E-state index in [4.69, 9.17) is 16.9 Å². The van der Waals surface area contributed by atoms with Crippen LogP contribution in [0.4, 0.5) is 0 Å². The predicted octanol–water partition coefficient (Wildman–Crippen LogP) is 1.74. The summed E-state index contributed by atoms with van der Waals surface area (Å²) < 4.78 is 38.0. The molecule has 1 fully saturated rings. The number of hydrogen-bond donors (Lipinski definition) is 0. The molecule has 2 rings (SSSR count). The molecule has 8 heteroatoms. The average Bonchev–Trinajstić information content (AvgIpc) is 2.41. The van der Waals surface area contributed by atoms with E-state index in [1.807, 2.05) is 6.07 Å². The minimum atomic E-state index is -3.83. The van der Waals surface area contributed by atoms with Crippen LogP contribution in [0.5, 0.6) is 0 Å². The van der Waals surface area contributed by atoms with Gasteiger partial charge in [-0.1, -0.05) is 11.6 Å². The van der Waals surface area contributed by atoms with E-state index in [0.29, 0.717) is 0 Å². The smallest absolute Gasteiger partial charge is 0.244 e. The number of benzene rings is 1. The Bertz CT molecular complexity index is 738. The Morgan fingerprint density at radius 1 is 1.43 bits per heavy atom. The van der Waals surface area contributed by atoms with Gasteiger partial charge in [0.1, 0.15) is 11.0 Å². The Morgan fingerprint density at radius 2 is 2.10 bits per heavy atom. The Hall–Kier alpha value is -0.940. The fourth-order valence-corrected chi connectivity index (χ4v) is 5.63. The van der Waals surface area contributed by atoms with Gasteiger partial charge in [-0.15, -0.1) is 0 Å². The Labute approximate surface area is 132 Å².